The van der Waals surface area contributed by atoms with Crippen LogP contribution in [0.2, 0.25) is 0 Å². The Bertz CT molecular complexity index is 807. The highest BCUT2D eigenvalue weighted by Crippen LogP contribution is 2.22. The Morgan fingerprint density at radius 3 is 0.875 bits per heavy atom. The molecule has 0 unspecified atom stereocenters. The fraction of sp³-hybridized carbons (Fsp3) is 0. The van der Waals surface area contributed by atoms with Crippen LogP contribution in [0.3, 0.4) is 0 Å². The molecule has 0 aliphatic rings. The lowest BCUT2D eigenvalue weighted by Crippen LogP contribution is -2.01. The van der Waals surface area contributed by atoms with E-state index in [1.165, 1.54) is 19.0 Å². The molecule has 0 aliphatic heterocycles. The molecule has 0 amide bonds. The summed E-state index contributed by atoms with van der Waals surface area (Å²) in [4.78, 5) is 37.5. The van der Waals surface area contributed by atoms with E-state index in [9.17, 15) is 0 Å². The van der Waals surface area contributed by atoms with E-state index in [1.54, 1.807) is 37.2 Å². The van der Waals surface area contributed by atoms with E-state index in [4.69, 9.17) is 0 Å². The zero-order valence-electron chi connectivity index (χ0n) is 12.2. The summed E-state index contributed by atoms with van der Waals surface area (Å²) in [5.41, 5.74) is 2.03. The molecule has 0 spiro atoms. The zero-order chi connectivity index (χ0) is 16.2. The lowest BCUT2D eigenvalue weighted by atomic mass is 10.2. The zero-order valence-corrected chi connectivity index (χ0v) is 12.2. The van der Waals surface area contributed by atoms with Crippen LogP contribution in [0.15, 0.2) is 56.2 Å². The van der Waals surface area contributed by atoms with Crippen LogP contribution in [0.25, 0.3) is 34.2 Å². The molecule has 0 radical (unpaired) electrons. The van der Waals surface area contributed by atoms with Crippen LogP contribution in [-0.4, -0.2) is 44.9 Å². The molecule has 0 N–H and O–H groups in total. The quantitative estimate of drug-likeness (QED) is 0.550. The molecule has 9 heteroatoms. The predicted octanol–water partition coefficient (Wildman–Crippen LogP) is 1.24. The average molecular weight is 315 g/mol. The van der Waals surface area contributed by atoms with Gasteiger partial charge in [-0.15, -0.1) is 0 Å². The van der Waals surface area contributed by atoms with Crippen LogP contribution in [0.1, 0.15) is 0 Å². The number of aromatic nitrogens is 9. The Hall–Kier alpha value is -3.75. The van der Waals surface area contributed by atoms with E-state index in [1.807, 2.05) is 0 Å². The molecule has 4 rings (SSSR count). The molecule has 0 aromatic carbocycles. The van der Waals surface area contributed by atoms with Crippen LogP contribution < -0.4 is 0 Å². The standard InChI is InChI=1S/C15H9N9/c1-10(2-17-7-16-1)13-22-14(11-3-18-8-19-4-11)24-15(23-13)12-5-20-9-21-6-12/h1-9H. The van der Waals surface area contributed by atoms with E-state index in [-0.39, 0.29) is 0 Å². The molecule has 0 saturated heterocycles. The average Bonchev–Trinajstić information content (AvgIpc) is 2.70. The first kappa shape index (κ1) is 13.9. The molecule has 4 heterocycles. The van der Waals surface area contributed by atoms with Crippen molar-refractivity contribution >= 4 is 0 Å². The lowest BCUT2D eigenvalue weighted by molar-refractivity contribution is 1.04. The summed E-state index contributed by atoms with van der Waals surface area (Å²) < 4.78 is 0. The fourth-order valence-corrected chi connectivity index (χ4v) is 2.01. The second-order valence-electron chi connectivity index (χ2n) is 4.69. The van der Waals surface area contributed by atoms with Gasteiger partial charge in [-0.3, -0.25) is 0 Å². The molecular weight excluding hydrogens is 306 g/mol. The van der Waals surface area contributed by atoms with Gasteiger partial charge in [0.25, 0.3) is 0 Å². The molecule has 0 fully saturated rings. The van der Waals surface area contributed by atoms with Gasteiger partial charge in [-0.1, -0.05) is 0 Å². The summed E-state index contributed by atoms with van der Waals surface area (Å²) >= 11 is 0. The second-order valence-corrected chi connectivity index (χ2v) is 4.69. The second kappa shape index (κ2) is 6.16. The van der Waals surface area contributed by atoms with Crippen molar-refractivity contribution in [2.24, 2.45) is 0 Å². The first-order valence-corrected chi connectivity index (χ1v) is 6.92. The van der Waals surface area contributed by atoms with Crippen molar-refractivity contribution in [3.05, 3.63) is 56.2 Å². The van der Waals surface area contributed by atoms with Crippen molar-refractivity contribution in [3.8, 4) is 34.2 Å². The van der Waals surface area contributed by atoms with Crippen LogP contribution in [-0.2, 0) is 0 Å². The molecular formula is C15H9N9. The van der Waals surface area contributed by atoms with Gasteiger partial charge in [0.15, 0.2) is 17.5 Å². The molecule has 4 aromatic rings. The van der Waals surface area contributed by atoms with Crippen LogP contribution >= 0.6 is 0 Å². The largest absolute Gasteiger partial charge is 0.244 e. The molecule has 0 aliphatic carbocycles. The van der Waals surface area contributed by atoms with Crippen LogP contribution in [0, 0.1) is 0 Å². The highest BCUT2D eigenvalue weighted by molar-refractivity contribution is 5.63. The summed E-state index contributed by atoms with van der Waals surface area (Å²) in [6, 6.07) is 0. The minimum atomic E-state index is 0.448. The van der Waals surface area contributed by atoms with E-state index < -0.39 is 0 Å². The summed E-state index contributed by atoms with van der Waals surface area (Å²) in [7, 11) is 0. The maximum absolute atomic E-state index is 4.48. The number of nitrogens with zero attached hydrogens (tertiary/aromatic N) is 9. The molecule has 0 atom stereocenters. The van der Waals surface area contributed by atoms with E-state index >= 15 is 0 Å². The van der Waals surface area contributed by atoms with Crippen molar-refractivity contribution in [2.75, 3.05) is 0 Å². The fourth-order valence-electron chi connectivity index (χ4n) is 2.01. The van der Waals surface area contributed by atoms with Gasteiger partial charge in [0.1, 0.15) is 19.0 Å². The highest BCUT2D eigenvalue weighted by atomic mass is 15.0. The van der Waals surface area contributed by atoms with E-state index in [0.717, 1.165) is 0 Å². The normalized spacial score (nSPS) is 10.5. The monoisotopic (exact) mass is 315 g/mol. The smallest absolute Gasteiger partial charge is 0.167 e. The third-order valence-electron chi connectivity index (χ3n) is 3.09. The Morgan fingerprint density at radius 2 is 0.625 bits per heavy atom. The first-order valence-electron chi connectivity index (χ1n) is 6.92. The van der Waals surface area contributed by atoms with E-state index in [2.05, 4.69) is 44.9 Å². The summed E-state index contributed by atoms with van der Waals surface area (Å²) in [5.74, 6) is 1.34. The van der Waals surface area contributed by atoms with Gasteiger partial charge in [0.2, 0.25) is 0 Å². The Kier molecular flexibility index (Phi) is 3.57. The Morgan fingerprint density at radius 1 is 0.375 bits per heavy atom. The molecule has 24 heavy (non-hydrogen) atoms. The van der Waals surface area contributed by atoms with Crippen LogP contribution in [0.4, 0.5) is 0 Å². The van der Waals surface area contributed by atoms with Gasteiger partial charge < -0.3 is 0 Å². The van der Waals surface area contributed by atoms with Crippen molar-refractivity contribution in [1.82, 2.24) is 44.9 Å². The Labute approximate surface area is 136 Å². The third-order valence-corrected chi connectivity index (χ3v) is 3.09. The maximum Gasteiger partial charge on any atom is 0.167 e. The first-order chi connectivity index (χ1) is 11.9. The van der Waals surface area contributed by atoms with Gasteiger partial charge in [0, 0.05) is 37.2 Å². The van der Waals surface area contributed by atoms with Gasteiger partial charge in [-0.05, 0) is 0 Å². The summed E-state index contributed by atoms with van der Waals surface area (Å²) in [6.45, 7) is 0. The molecule has 0 saturated carbocycles. The molecule has 114 valence electrons. The van der Waals surface area contributed by atoms with Crippen molar-refractivity contribution in [3.63, 3.8) is 0 Å². The summed E-state index contributed by atoms with van der Waals surface area (Å²) in [6.07, 6.45) is 14.2. The van der Waals surface area contributed by atoms with Gasteiger partial charge >= 0.3 is 0 Å². The SMILES string of the molecule is c1ncc(-c2nc(-c3cncnc3)nc(-c3cncnc3)n2)cn1. The van der Waals surface area contributed by atoms with Gasteiger partial charge in [-0.2, -0.15) is 0 Å². The van der Waals surface area contributed by atoms with Gasteiger partial charge in [0.05, 0.1) is 16.7 Å². The molecule has 9 nitrogen and oxygen atoms in total. The van der Waals surface area contributed by atoms with Crippen molar-refractivity contribution in [1.29, 1.82) is 0 Å². The van der Waals surface area contributed by atoms with Crippen LogP contribution in [0.5, 0.6) is 0 Å². The topological polar surface area (TPSA) is 116 Å². The minimum Gasteiger partial charge on any atom is -0.244 e. The lowest BCUT2D eigenvalue weighted by Gasteiger charge is -2.06. The minimum absolute atomic E-state index is 0.448. The highest BCUT2D eigenvalue weighted by Gasteiger charge is 2.12. The number of hydrogen-bond acceptors (Lipinski definition) is 9. The number of rotatable bonds is 3. The number of hydrogen-bond donors (Lipinski definition) is 0. The third kappa shape index (κ3) is 2.77. The summed E-state index contributed by atoms with van der Waals surface area (Å²) in [5, 5.41) is 0. The van der Waals surface area contributed by atoms with E-state index in [0.29, 0.717) is 34.2 Å². The van der Waals surface area contributed by atoms with Crippen molar-refractivity contribution < 1.29 is 0 Å². The molecule has 4 aromatic heterocycles. The maximum atomic E-state index is 4.48. The predicted molar refractivity (Wildman–Crippen MR) is 82.9 cm³/mol. The van der Waals surface area contributed by atoms with Crippen molar-refractivity contribution in [2.45, 2.75) is 0 Å². The molecule has 0 bridgehead atoms. The Balaban J connectivity index is 1.92. The van der Waals surface area contributed by atoms with Gasteiger partial charge in [-0.25, -0.2) is 44.9 Å².